The van der Waals surface area contributed by atoms with Crippen LogP contribution in [0.3, 0.4) is 0 Å². The van der Waals surface area contributed by atoms with E-state index in [-0.39, 0.29) is 0 Å². The van der Waals surface area contributed by atoms with Gasteiger partial charge in [-0.25, -0.2) is 0 Å². The van der Waals surface area contributed by atoms with E-state index in [4.69, 9.17) is 0 Å². The van der Waals surface area contributed by atoms with Crippen LogP contribution in [0.25, 0.3) is 0 Å². The summed E-state index contributed by atoms with van der Waals surface area (Å²) in [6, 6.07) is 0. The third-order valence-corrected chi connectivity index (χ3v) is 3.74. The van der Waals surface area contributed by atoms with Crippen molar-refractivity contribution in [1.82, 2.24) is 20.0 Å². The molecule has 5 nitrogen and oxygen atoms in total. The molecule has 2 fully saturated rings. The highest BCUT2D eigenvalue weighted by Crippen LogP contribution is 2.03. The van der Waals surface area contributed by atoms with Gasteiger partial charge in [0.05, 0.1) is 6.54 Å². The molecule has 0 unspecified atom stereocenters. The molecule has 1 N–H and O–H groups in total. The molecule has 2 saturated heterocycles. The van der Waals surface area contributed by atoms with Gasteiger partial charge in [0.25, 0.3) is 0 Å². The Hall–Kier alpha value is -0.650. The molecular formula is C12H24N4O. The van der Waals surface area contributed by atoms with E-state index in [0.717, 1.165) is 58.9 Å². The summed E-state index contributed by atoms with van der Waals surface area (Å²) in [4.78, 5) is 18.8. The maximum absolute atomic E-state index is 12.1. The zero-order chi connectivity index (χ0) is 12.1. The molecule has 0 aromatic carbocycles. The van der Waals surface area contributed by atoms with Crippen molar-refractivity contribution in [3.05, 3.63) is 0 Å². The van der Waals surface area contributed by atoms with Crippen LogP contribution in [0.2, 0.25) is 0 Å². The Morgan fingerprint density at radius 2 is 1.65 bits per heavy atom. The minimum atomic E-state index is 0.308. The van der Waals surface area contributed by atoms with Crippen molar-refractivity contribution in [3.8, 4) is 0 Å². The highest BCUT2D eigenvalue weighted by atomic mass is 16.2. The van der Waals surface area contributed by atoms with Gasteiger partial charge in [0, 0.05) is 52.4 Å². The molecule has 0 bridgehead atoms. The molecule has 0 spiro atoms. The predicted octanol–water partition coefficient (Wildman–Crippen LogP) is -0.944. The van der Waals surface area contributed by atoms with E-state index in [1.165, 1.54) is 0 Å². The van der Waals surface area contributed by atoms with Gasteiger partial charge in [0.15, 0.2) is 0 Å². The Kier molecular flexibility index (Phi) is 4.76. The van der Waals surface area contributed by atoms with Gasteiger partial charge in [-0.2, -0.15) is 0 Å². The molecule has 0 aromatic rings. The van der Waals surface area contributed by atoms with Crippen LogP contribution in [0.5, 0.6) is 0 Å². The van der Waals surface area contributed by atoms with Crippen molar-refractivity contribution < 1.29 is 4.79 Å². The average molecular weight is 240 g/mol. The average Bonchev–Trinajstić information content (AvgIpc) is 2.40. The Balaban J connectivity index is 1.72. The second kappa shape index (κ2) is 6.33. The molecule has 0 aromatic heterocycles. The number of amides is 1. The van der Waals surface area contributed by atoms with Gasteiger partial charge in [0.2, 0.25) is 5.91 Å². The minimum Gasteiger partial charge on any atom is -0.339 e. The Bertz CT molecular complexity index is 245. The summed E-state index contributed by atoms with van der Waals surface area (Å²) in [6.07, 6.45) is 0. The van der Waals surface area contributed by atoms with Crippen LogP contribution in [0.15, 0.2) is 0 Å². The van der Waals surface area contributed by atoms with Crippen LogP contribution < -0.4 is 5.32 Å². The van der Waals surface area contributed by atoms with Crippen molar-refractivity contribution in [1.29, 1.82) is 0 Å². The second-order valence-electron chi connectivity index (χ2n) is 4.84. The second-order valence-corrected chi connectivity index (χ2v) is 4.84. The first kappa shape index (κ1) is 12.8. The van der Waals surface area contributed by atoms with Gasteiger partial charge in [0.1, 0.15) is 0 Å². The SMILES string of the molecule is CCN1CCN(C(=O)CN2CCNCC2)CC1. The monoisotopic (exact) mass is 240 g/mol. The minimum absolute atomic E-state index is 0.308. The molecule has 5 heteroatoms. The fraction of sp³-hybridized carbons (Fsp3) is 0.917. The maximum atomic E-state index is 12.1. The van der Waals surface area contributed by atoms with Crippen LogP contribution in [-0.4, -0.2) is 86.1 Å². The normalized spacial score (nSPS) is 23.9. The number of carbonyl (C=O) groups excluding carboxylic acids is 1. The van der Waals surface area contributed by atoms with Gasteiger partial charge in [-0.1, -0.05) is 6.92 Å². The lowest BCUT2D eigenvalue weighted by molar-refractivity contribution is -0.134. The molecule has 0 atom stereocenters. The summed E-state index contributed by atoms with van der Waals surface area (Å²) in [5.74, 6) is 0.308. The van der Waals surface area contributed by atoms with E-state index in [2.05, 4.69) is 22.0 Å². The van der Waals surface area contributed by atoms with Crippen molar-refractivity contribution in [2.75, 3.05) is 65.4 Å². The molecule has 2 aliphatic heterocycles. The summed E-state index contributed by atoms with van der Waals surface area (Å²) < 4.78 is 0. The third kappa shape index (κ3) is 3.66. The first-order valence-corrected chi connectivity index (χ1v) is 6.73. The number of piperazine rings is 2. The highest BCUT2D eigenvalue weighted by Gasteiger charge is 2.22. The lowest BCUT2D eigenvalue weighted by Crippen LogP contribution is -2.53. The van der Waals surface area contributed by atoms with E-state index in [0.29, 0.717) is 12.5 Å². The maximum Gasteiger partial charge on any atom is 0.236 e. The first-order valence-electron chi connectivity index (χ1n) is 6.73. The van der Waals surface area contributed by atoms with Crippen molar-refractivity contribution in [2.24, 2.45) is 0 Å². The van der Waals surface area contributed by atoms with Crippen LogP contribution >= 0.6 is 0 Å². The van der Waals surface area contributed by atoms with Gasteiger partial charge < -0.3 is 15.1 Å². The van der Waals surface area contributed by atoms with Gasteiger partial charge in [-0.3, -0.25) is 9.69 Å². The molecule has 1 amide bonds. The van der Waals surface area contributed by atoms with Crippen molar-refractivity contribution in [2.45, 2.75) is 6.92 Å². The fourth-order valence-corrected chi connectivity index (χ4v) is 2.47. The van der Waals surface area contributed by atoms with E-state index in [1.54, 1.807) is 0 Å². The predicted molar refractivity (Wildman–Crippen MR) is 68.0 cm³/mol. The number of nitrogens with one attached hydrogen (secondary N) is 1. The van der Waals surface area contributed by atoms with E-state index in [1.807, 2.05) is 4.90 Å². The molecule has 0 aliphatic carbocycles. The van der Waals surface area contributed by atoms with Crippen LogP contribution in [0.4, 0.5) is 0 Å². The summed E-state index contributed by atoms with van der Waals surface area (Å²) in [5.41, 5.74) is 0. The molecule has 17 heavy (non-hydrogen) atoms. The number of hydrogen-bond acceptors (Lipinski definition) is 4. The van der Waals surface area contributed by atoms with E-state index < -0.39 is 0 Å². The van der Waals surface area contributed by atoms with Crippen molar-refractivity contribution >= 4 is 5.91 Å². The Morgan fingerprint density at radius 3 is 2.24 bits per heavy atom. The van der Waals surface area contributed by atoms with Gasteiger partial charge >= 0.3 is 0 Å². The van der Waals surface area contributed by atoms with E-state index in [9.17, 15) is 4.79 Å². The molecule has 2 aliphatic rings. The number of carbonyl (C=O) groups is 1. The number of likely N-dealkylation sites (N-methyl/N-ethyl adjacent to an activating group) is 1. The fourth-order valence-electron chi connectivity index (χ4n) is 2.47. The number of hydrogen-bond donors (Lipinski definition) is 1. The molecule has 0 radical (unpaired) electrons. The standard InChI is InChI=1S/C12H24N4O/c1-2-14-7-9-16(10-8-14)12(17)11-15-5-3-13-4-6-15/h13H,2-11H2,1H3. The van der Waals surface area contributed by atoms with E-state index >= 15 is 0 Å². The largest absolute Gasteiger partial charge is 0.339 e. The Labute approximate surface area is 104 Å². The highest BCUT2D eigenvalue weighted by molar-refractivity contribution is 5.78. The van der Waals surface area contributed by atoms with Gasteiger partial charge in [-0.15, -0.1) is 0 Å². The number of rotatable bonds is 3. The Morgan fingerprint density at radius 1 is 1.00 bits per heavy atom. The zero-order valence-corrected chi connectivity index (χ0v) is 10.8. The lowest BCUT2D eigenvalue weighted by atomic mass is 10.3. The van der Waals surface area contributed by atoms with Crippen LogP contribution in [0.1, 0.15) is 6.92 Å². The molecule has 2 heterocycles. The lowest BCUT2D eigenvalue weighted by Gasteiger charge is -2.36. The van der Waals surface area contributed by atoms with Crippen LogP contribution in [0, 0.1) is 0 Å². The quantitative estimate of drug-likeness (QED) is 0.691. The van der Waals surface area contributed by atoms with Gasteiger partial charge in [-0.05, 0) is 6.54 Å². The topological polar surface area (TPSA) is 38.8 Å². The molecular weight excluding hydrogens is 216 g/mol. The summed E-state index contributed by atoms with van der Waals surface area (Å²) in [6.45, 7) is 11.8. The zero-order valence-electron chi connectivity index (χ0n) is 10.8. The molecule has 0 saturated carbocycles. The molecule has 2 rings (SSSR count). The summed E-state index contributed by atoms with van der Waals surface area (Å²) in [5, 5.41) is 3.31. The first-order chi connectivity index (χ1) is 8.29. The third-order valence-electron chi connectivity index (χ3n) is 3.74. The smallest absolute Gasteiger partial charge is 0.236 e. The summed E-state index contributed by atoms with van der Waals surface area (Å²) in [7, 11) is 0. The molecule has 98 valence electrons. The number of nitrogens with zero attached hydrogens (tertiary/aromatic N) is 3. The van der Waals surface area contributed by atoms with Crippen molar-refractivity contribution in [3.63, 3.8) is 0 Å². The summed E-state index contributed by atoms with van der Waals surface area (Å²) >= 11 is 0. The van der Waals surface area contributed by atoms with Crippen LogP contribution in [-0.2, 0) is 4.79 Å².